The summed E-state index contributed by atoms with van der Waals surface area (Å²) in [7, 11) is 0. The summed E-state index contributed by atoms with van der Waals surface area (Å²) in [6.45, 7) is 2.00. The number of aliphatic carboxylic acids is 1. The SMILES string of the molecule is CCCC[C@@H](CCC(=O)Nc1ccn(-c2ccccc2)n1)C(=O)[O-]. The molecule has 0 fully saturated rings. The minimum Gasteiger partial charge on any atom is -0.550 e. The first-order valence-corrected chi connectivity index (χ1v) is 8.22. The third kappa shape index (κ3) is 5.22. The highest BCUT2D eigenvalue weighted by molar-refractivity contribution is 5.89. The molecule has 6 nitrogen and oxygen atoms in total. The van der Waals surface area contributed by atoms with Gasteiger partial charge in [0.25, 0.3) is 0 Å². The maximum Gasteiger partial charge on any atom is 0.225 e. The predicted molar refractivity (Wildman–Crippen MR) is 89.4 cm³/mol. The molecule has 6 heteroatoms. The number of carboxylic acid groups (broad SMARTS) is 1. The van der Waals surface area contributed by atoms with Gasteiger partial charge in [-0.05, 0) is 30.9 Å². The summed E-state index contributed by atoms with van der Waals surface area (Å²) in [6, 6.07) is 11.3. The van der Waals surface area contributed by atoms with Gasteiger partial charge in [0.1, 0.15) is 0 Å². The fraction of sp³-hybridized carbons (Fsp3) is 0.389. The van der Waals surface area contributed by atoms with Crippen LogP contribution in [0.2, 0.25) is 0 Å². The van der Waals surface area contributed by atoms with Gasteiger partial charge in [0.05, 0.1) is 5.69 Å². The molecule has 24 heavy (non-hydrogen) atoms. The summed E-state index contributed by atoms with van der Waals surface area (Å²) in [5.74, 6) is -1.44. The number of aromatic nitrogens is 2. The summed E-state index contributed by atoms with van der Waals surface area (Å²) in [5, 5.41) is 18.1. The Balaban J connectivity index is 1.86. The molecule has 1 aromatic carbocycles. The summed E-state index contributed by atoms with van der Waals surface area (Å²) in [5.41, 5.74) is 0.898. The van der Waals surface area contributed by atoms with E-state index in [1.54, 1.807) is 16.9 Å². The number of carbonyl (C=O) groups is 2. The molecule has 0 spiro atoms. The molecule has 1 N–H and O–H groups in total. The fourth-order valence-electron chi connectivity index (χ4n) is 2.46. The number of para-hydroxylation sites is 1. The van der Waals surface area contributed by atoms with Crippen LogP contribution in [0.3, 0.4) is 0 Å². The summed E-state index contributed by atoms with van der Waals surface area (Å²) in [6.07, 6.45) is 4.48. The van der Waals surface area contributed by atoms with Gasteiger partial charge in [0, 0.05) is 24.7 Å². The third-order valence-corrected chi connectivity index (χ3v) is 3.84. The van der Waals surface area contributed by atoms with Crippen LogP contribution in [0.4, 0.5) is 5.82 Å². The van der Waals surface area contributed by atoms with E-state index in [-0.39, 0.29) is 18.7 Å². The Hall–Kier alpha value is -2.63. The highest BCUT2D eigenvalue weighted by Crippen LogP contribution is 2.15. The Labute approximate surface area is 141 Å². The molecule has 1 atom stereocenters. The quantitative estimate of drug-likeness (QED) is 0.764. The lowest BCUT2D eigenvalue weighted by atomic mass is 9.97. The zero-order valence-corrected chi connectivity index (χ0v) is 13.8. The first-order chi connectivity index (χ1) is 11.6. The molecule has 0 saturated carbocycles. The fourth-order valence-corrected chi connectivity index (χ4v) is 2.46. The van der Waals surface area contributed by atoms with E-state index in [1.165, 1.54) is 0 Å². The van der Waals surface area contributed by atoms with E-state index in [1.807, 2.05) is 37.3 Å². The maximum atomic E-state index is 12.0. The second-order valence-corrected chi connectivity index (χ2v) is 5.73. The van der Waals surface area contributed by atoms with Crippen LogP contribution in [0.1, 0.15) is 39.0 Å². The summed E-state index contributed by atoms with van der Waals surface area (Å²) < 4.78 is 1.67. The topological polar surface area (TPSA) is 87.0 Å². The predicted octanol–water partition coefficient (Wildman–Crippen LogP) is 2.15. The number of benzene rings is 1. The molecule has 0 aliphatic carbocycles. The van der Waals surface area contributed by atoms with Gasteiger partial charge in [-0.3, -0.25) is 4.79 Å². The third-order valence-electron chi connectivity index (χ3n) is 3.84. The van der Waals surface area contributed by atoms with E-state index in [2.05, 4.69) is 10.4 Å². The number of hydrogen-bond acceptors (Lipinski definition) is 4. The van der Waals surface area contributed by atoms with Crippen molar-refractivity contribution in [3.63, 3.8) is 0 Å². The van der Waals surface area contributed by atoms with Gasteiger partial charge in [0.2, 0.25) is 5.91 Å². The number of carboxylic acids is 1. The largest absolute Gasteiger partial charge is 0.550 e. The van der Waals surface area contributed by atoms with Crippen molar-refractivity contribution in [3.05, 3.63) is 42.6 Å². The molecular weight excluding hydrogens is 306 g/mol. The molecule has 0 aliphatic heterocycles. The molecule has 1 aromatic heterocycles. The zero-order chi connectivity index (χ0) is 17.4. The van der Waals surface area contributed by atoms with Gasteiger partial charge >= 0.3 is 0 Å². The number of anilines is 1. The van der Waals surface area contributed by atoms with Crippen molar-refractivity contribution in [1.82, 2.24) is 9.78 Å². The second-order valence-electron chi connectivity index (χ2n) is 5.73. The van der Waals surface area contributed by atoms with Crippen LogP contribution >= 0.6 is 0 Å². The number of hydrogen-bond donors (Lipinski definition) is 1. The maximum absolute atomic E-state index is 12.0. The highest BCUT2D eigenvalue weighted by atomic mass is 16.4. The van der Waals surface area contributed by atoms with Crippen molar-refractivity contribution in [2.75, 3.05) is 5.32 Å². The van der Waals surface area contributed by atoms with Crippen LogP contribution in [-0.4, -0.2) is 21.7 Å². The molecule has 0 aliphatic rings. The van der Waals surface area contributed by atoms with Crippen molar-refractivity contribution >= 4 is 17.7 Å². The number of amides is 1. The first kappa shape index (κ1) is 17.7. The van der Waals surface area contributed by atoms with Crippen molar-refractivity contribution in [1.29, 1.82) is 0 Å². The highest BCUT2D eigenvalue weighted by Gasteiger charge is 2.13. The van der Waals surface area contributed by atoms with E-state index in [9.17, 15) is 14.7 Å². The molecule has 1 heterocycles. The van der Waals surface area contributed by atoms with Gasteiger partial charge in [0.15, 0.2) is 5.82 Å². The number of carbonyl (C=O) groups excluding carboxylic acids is 2. The standard InChI is InChI=1S/C18H23N3O3/c1-2-3-7-14(18(23)24)10-11-17(22)19-16-12-13-21(20-16)15-8-5-4-6-9-15/h4-6,8-9,12-14H,2-3,7,10-11H2,1H3,(H,23,24)(H,19,20,22)/p-1/t14-/m0/s1. The lowest BCUT2D eigenvalue weighted by Gasteiger charge is -2.17. The molecular formula is C18H22N3O3-. The van der Waals surface area contributed by atoms with E-state index >= 15 is 0 Å². The molecule has 0 saturated heterocycles. The van der Waals surface area contributed by atoms with Crippen molar-refractivity contribution in [2.45, 2.75) is 39.0 Å². The van der Waals surface area contributed by atoms with Crippen LogP contribution < -0.4 is 10.4 Å². The van der Waals surface area contributed by atoms with Crippen LogP contribution in [0, 0.1) is 5.92 Å². The van der Waals surface area contributed by atoms with Gasteiger partial charge in [-0.15, -0.1) is 0 Å². The van der Waals surface area contributed by atoms with Crippen LogP contribution in [0.5, 0.6) is 0 Å². The Bertz CT molecular complexity index is 667. The number of unbranched alkanes of at least 4 members (excludes halogenated alkanes) is 1. The zero-order valence-electron chi connectivity index (χ0n) is 13.8. The minimum absolute atomic E-state index is 0.139. The summed E-state index contributed by atoms with van der Waals surface area (Å²) >= 11 is 0. The minimum atomic E-state index is -1.08. The van der Waals surface area contributed by atoms with Crippen LogP contribution in [-0.2, 0) is 9.59 Å². The van der Waals surface area contributed by atoms with E-state index in [4.69, 9.17) is 0 Å². The van der Waals surface area contributed by atoms with E-state index < -0.39 is 11.9 Å². The molecule has 2 aromatic rings. The van der Waals surface area contributed by atoms with E-state index in [0.29, 0.717) is 12.2 Å². The average molecular weight is 328 g/mol. The molecule has 0 bridgehead atoms. The summed E-state index contributed by atoms with van der Waals surface area (Å²) in [4.78, 5) is 23.1. The Kier molecular flexibility index (Phi) is 6.54. The van der Waals surface area contributed by atoms with Gasteiger partial charge in [-0.25, -0.2) is 4.68 Å². The Morgan fingerprint density at radius 1 is 1.21 bits per heavy atom. The van der Waals surface area contributed by atoms with Gasteiger partial charge in [-0.1, -0.05) is 38.0 Å². The van der Waals surface area contributed by atoms with E-state index in [0.717, 1.165) is 18.5 Å². The van der Waals surface area contributed by atoms with Crippen molar-refractivity contribution < 1.29 is 14.7 Å². The molecule has 1 amide bonds. The Morgan fingerprint density at radius 3 is 2.62 bits per heavy atom. The number of nitrogens with one attached hydrogen (secondary N) is 1. The van der Waals surface area contributed by atoms with Crippen molar-refractivity contribution in [3.8, 4) is 5.69 Å². The lowest BCUT2D eigenvalue weighted by molar-refractivity contribution is -0.312. The van der Waals surface area contributed by atoms with Crippen LogP contribution in [0.25, 0.3) is 5.69 Å². The molecule has 2 rings (SSSR count). The Morgan fingerprint density at radius 2 is 1.96 bits per heavy atom. The normalized spacial score (nSPS) is 11.9. The molecule has 0 radical (unpaired) electrons. The van der Waals surface area contributed by atoms with Gasteiger partial charge < -0.3 is 15.2 Å². The second kappa shape index (κ2) is 8.86. The average Bonchev–Trinajstić information content (AvgIpc) is 3.04. The first-order valence-electron chi connectivity index (χ1n) is 8.22. The smallest absolute Gasteiger partial charge is 0.225 e. The molecule has 128 valence electrons. The van der Waals surface area contributed by atoms with Crippen molar-refractivity contribution in [2.24, 2.45) is 5.92 Å². The number of rotatable bonds is 9. The number of nitrogens with zero attached hydrogens (tertiary/aromatic N) is 2. The van der Waals surface area contributed by atoms with Gasteiger partial charge in [-0.2, -0.15) is 5.10 Å². The monoisotopic (exact) mass is 328 g/mol. The molecule has 0 unspecified atom stereocenters. The van der Waals surface area contributed by atoms with Crippen LogP contribution in [0.15, 0.2) is 42.6 Å². The lowest BCUT2D eigenvalue weighted by Crippen LogP contribution is -2.32.